The number of anilines is 1. The van der Waals surface area contributed by atoms with E-state index in [1.165, 1.54) is 37.1 Å². The number of likely N-dealkylation sites (tertiary alicyclic amines) is 1. The summed E-state index contributed by atoms with van der Waals surface area (Å²) in [7, 11) is -3.49. The fraction of sp³-hybridized carbons (Fsp3) is 0.400. The van der Waals surface area contributed by atoms with E-state index in [9.17, 15) is 13.2 Å². The number of carbonyl (C=O) groups excluding carboxylic acids is 1. The maximum Gasteiger partial charge on any atom is 0.274 e. The van der Waals surface area contributed by atoms with Gasteiger partial charge >= 0.3 is 0 Å². The lowest BCUT2D eigenvalue weighted by Gasteiger charge is -2.26. The molecule has 0 radical (unpaired) electrons. The highest BCUT2D eigenvalue weighted by Gasteiger charge is 2.23. The maximum absolute atomic E-state index is 13.4. The first kappa shape index (κ1) is 27.1. The average molecular weight is 546 g/mol. The van der Waals surface area contributed by atoms with E-state index in [-0.39, 0.29) is 10.9 Å². The van der Waals surface area contributed by atoms with Gasteiger partial charge in [0.25, 0.3) is 5.91 Å². The molecule has 1 aromatic carbocycles. The summed E-state index contributed by atoms with van der Waals surface area (Å²) in [5, 5.41) is 2.28. The highest BCUT2D eigenvalue weighted by Crippen LogP contribution is 2.27. The number of nitrogens with zero attached hydrogens (tertiary/aromatic N) is 4. The van der Waals surface area contributed by atoms with Crippen molar-refractivity contribution in [2.24, 2.45) is 4.99 Å². The van der Waals surface area contributed by atoms with E-state index in [1.807, 2.05) is 18.5 Å². The second-order valence-electron chi connectivity index (χ2n) is 10.6. The molecule has 0 aliphatic carbocycles. The van der Waals surface area contributed by atoms with Crippen LogP contribution in [-0.4, -0.2) is 59.8 Å². The Morgan fingerprint density at radius 3 is 2.54 bits per heavy atom. The molecule has 2 aliphatic rings. The van der Waals surface area contributed by atoms with Crippen LogP contribution in [0.2, 0.25) is 0 Å². The van der Waals surface area contributed by atoms with Crippen LogP contribution in [0, 0.1) is 0 Å². The van der Waals surface area contributed by atoms with E-state index < -0.39 is 15.1 Å². The minimum Gasteiger partial charge on any atom is -0.319 e. The predicted molar refractivity (Wildman–Crippen MR) is 154 cm³/mol. The third kappa shape index (κ3) is 6.25. The first-order valence-electron chi connectivity index (χ1n) is 13.7. The van der Waals surface area contributed by atoms with Crippen LogP contribution < -0.4 is 5.32 Å². The highest BCUT2D eigenvalue weighted by molar-refractivity contribution is 7.91. The topological polar surface area (TPSA) is 105 Å². The first-order chi connectivity index (χ1) is 18.8. The Bertz CT molecular complexity index is 1480. The summed E-state index contributed by atoms with van der Waals surface area (Å²) < 4.78 is 24.8. The Labute approximate surface area is 230 Å². The fourth-order valence-electron chi connectivity index (χ4n) is 5.10. The summed E-state index contributed by atoms with van der Waals surface area (Å²) in [6.07, 6.45) is 10.7. The third-order valence-electron chi connectivity index (χ3n) is 7.34. The predicted octanol–water partition coefficient (Wildman–Crippen LogP) is 4.69. The molecule has 4 heterocycles. The second-order valence-corrected chi connectivity index (χ2v) is 13.0. The summed E-state index contributed by atoms with van der Waals surface area (Å²) in [6.45, 7) is 6.94. The van der Waals surface area contributed by atoms with Crippen LogP contribution in [0.4, 0.5) is 5.69 Å². The monoisotopic (exact) mass is 545 g/mol. The number of carbonyl (C=O) groups is 1. The maximum atomic E-state index is 13.4. The van der Waals surface area contributed by atoms with Crippen LogP contribution in [0.5, 0.6) is 0 Å². The van der Waals surface area contributed by atoms with Crippen molar-refractivity contribution >= 4 is 27.1 Å². The van der Waals surface area contributed by atoms with Crippen molar-refractivity contribution in [1.82, 2.24) is 14.9 Å². The number of aliphatic imine (C=N–C) groups is 1. The van der Waals surface area contributed by atoms with E-state index in [4.69, 9.17) is 0 Å². The molecule has 2 aliphatic heterocycles. The number of aryl methyl sites for hydroxylation is 1. The summed E-state index contributed by atoms with van der Waals surface area (Å²) in [5.41, 5.74) is 5.89. The van der Waals surface area contributed by atoms with Gasteiger partial charge in [0.1, 0.15) is 5.71 Å². The Kier molecular flexibility index (Phi) is 8.18. The van der Waals surface area contributed by atoms with Crippen LogP contribution in [0.15, 0.2) is 65.0 Å². The molecule has 0 unspecified atom stereocenters. The highest BCUT2D eigenvalue weighted by atomic mass is 32.2. The van der Waals surface area contributed by atoms with Crippen molar-refractivity contribution in [3.05, 3.63) is 71.7 Å². The number of rotatable bonds is 7. The number of benzene rings is 1. The van der Waals surface area contributed by atoms with Crippen molar-refractivity contribution < 1.29 is 13.2 Å². The molecular formula is C30H35N5O3S. The molecule has 0 bridgehead atoms. The number of amides is 1. The summed E-state index contributed by atoms with van der Waals surface area (Å²) >= 11 is 0. The van der Waals surface area contributed by atoms with Gasteiger partial charge in [0, 0.05) is 36.6 Å². The average Bonchev–Trinajstić information content (AvgIpc) is 3.16. The van der Waals surface area contributed by atoms with Crippen molar-refractivity contribution in [2.45, 2.75) is 62.8 Å². The molecule has 1 N–H and O–H groups in total. The van der Waals surface area contributed by atoms with Gasteiger partial charge in [-0.1, -0.05) is 18.6 Å². The SMILES string of the molecule is CC(C)S(=O)(=O)c1ccc(NC(=O)C2=NCCCc3ccc(-c4cncc(CN5CCCCC5)c4)cc32)cn1. The van der Waals surface area contributed by atoms with Gasteiger partial charge in [0.15, 0.2) is 14.9 Å². The van der Waals surface area contributed by atoms with Gasteiger partial charge in [-0.15, -0.1) is 0 Å². The lowest BCUT2D eigenvalue weighted by atomic mass is 9.94. The Balaban J connectivity index is 1.38. The molecule has 3 aromatic rings. The molecule has 9 heteroatoms. The molecule has 0 atom stereocenters. The molecule has 0 spiro atoms. The quantitative estimate of drug-likeness (QED) is 0.462. The number of aromatic nitrogens is 2. The molecule has 0 saturated carbocycles. The zero-order valence-corrected chi connectivity index (χ0v) is 23.4. The number of pyridine rings is 2. The minimum absolute atomic E-state index is 0.00609. The standard InChI is InChI=1S/C30H35N5O3S/c1-21(2)39(37,38)28-11-10-26(19-33-28)34-30(36)29-27-16-24(9-8-23(27)7-6-12-32-29)25-15-22(17-31-18-25)20-35-13-4-3-5-14-35/h8-11,15-19,21H,3-7,12-14,20H2,1-2H3,(H,34,36). The largest absolute Gasteiger partial charge is 0.319 e. The van der Waals surface area contributed by atoms with E-state index in [0.717, 1.165) is 54.7 Å². The minimum atomic E-state index is -3.49. The van der Waals surface area contributed by atoms with Crippen molar-refractivity contribution in [2.75, 3.05) is 25.0 Å². The number of fused-ring (bicyclic) bond motifs is 1. The van der Waals surface area contributed by atoms with Gasteiger partial charge in [-0.3, -0.25) is 19.7 Å². The zero-order valence-electron chi connectivity index (χ0n) is 22.6. The molecule has 204 valence electrons. The summed E-state index contributed by atoms with van der Waals surface area (Å²) in [5.74, 6) is -0.339. The molecule has 8 nitrogen and oxygen atoms in total. The molecule has 2 aromatic heterocycles. The summed E-state index contributed by atoms with van der Waals surface area (Å²) in [4.78, 5) is 29.1. The molecule has 1 saturated heterocycles. The van der Waals surface area contributed by atoms with Gasteiger partial charge in [0.2, 0.25) is 0 Å². The van der Waals surface area contributed by atoms with Gasteiger partial charge in [0.05, 0.1) is 17.1 Å². The Morgan fingerprint density at radius 2 is 1.79 bits per heavy atom. The number of piperidine rings is 1. The molecule has 1 amide bonds. The number of hydrogen-bond donors (Lipinski definition) is 1. The van der Waals surface area contributed by atoms with Crippen LogP contribution >= 0.6 is 0 Å². The van der Waals surface area contributed by atoms with Crippen LogP contribution in [0.1, 0.15) is 56.2 Å². The fourth-order valence-corrected chi connectivity index (χ4v) is 6.04. The normalized spacial score (nSPS) is 16.3. The van der Waals surface area contributed by atoms with E-state index in [0.29, 0.717) is 17.9 Å². The van der Waals surface area contributed by atoms with E-state index in [1.54, 1.807) is 19.9 Å². The lowest BCUT2D eigenvalue weighted by molar-refractivity contribution is -0.110. The number of hydrogen-bond acceptors (Lipinski definition) is 7. The van der Waals surface area contributed by atoms with Crippen LogP contribution in [-0.2, 0) is 27.6 Å². The molecular weight excluding hydrogens is 510 g/mol. The number of sulfone groups is 1. The van der Waals surface area contributed by atoms with Crippen molar-refractivity contribution in [1.29, 1.82) is 0 Å². The van der Waals surface area contributed by atoms with Crippen molar-refractivity contribution in [3.8, 4) is 11.1 Å². The first-order valence-corrected chi connectivity index (χ1v) is 15.2. The van der Waals surface area contributed by atoms with E-state index >= 15 is 0 Å². The summed E-state index contributed by atoms with van der Waals surface area (Å²) in [6, 6.07) is 11.4. The smallest absolute Gasteiger partial charge is 0.274 e. The van der Waals surface area contributed by atoms with Crippen LogP contribution in [0.3, 0.4) is 0 Å². The lowest BCUT2D eigenvalue weighted by Crippen LogP contribution is -2.29. The van der Waals surface area contributed by atoms with Gasteiger partial charge in [-0.25, -0.2) is 13.4 Å². The second kappa shape index (κ2) is 11.8. The molecule has 39 heavy (non-hydrogen) atoms. The number of nitrogens with one attached hydrogen (secondary N) is 1. The molecule has 1 fully saturated rings. The van der Waals surface area contributed by atoms with Crippen molar-refractivity contribution in [3.63, 3.8) is 0 Å². The van der Waals surface area contributed by atoms with Gasteiger partial charge in [-0.05, 0) is 93.6 Å². The van der Waals surface area contributed by atoms with Gasteiger partial charge < -0.3 is 5.32 Å². The Hall–Kier alpha value is -3.43. The van der Waals surface area contributed by atoms with Gasteiger partial charge in [-0.2, -0.15) is 0 Å². The Morgan fingerprint density at radius 1 is 0.974 bits per heavy atom. The molecule has 5 rings (SSSR count). The zero-order chi connectivity index (χ0) is 27.4. The van der Waals surface area contributed by atoms with Crippen LogP contribution in [0.25, 0.3) is 11.1 Å². The van der Waals surface area contributed by atoms with E-state index in [2.05, 4.69) is 43.4 Å². The third-order valence-corrected chi connectivity index (χ3v) is 9.41.